The minimum atomic E-state index is -0.805. The van der Waals surface area contributed by atoms with Crippen molar-refractivity contribution in [2.24, 2.45) is 5.41 Å². The molecule has 1 saturated carbocycles. The van der Waals surface area contributed by atoms with Gasteiger partial charge in [0, 0.05) is 12.2 Å². The zero-order chi connectivity index (χ0) is 15.3. The number of nitrogens with one attached hydrogen (secondary N) is 2. The molecule has 1 fully saturated rings. The summed E-state index contributed by atoms with van der Waals surface area (Å²) in [5.74, 6) is -0.805. The van der Waals surface area contributed by atoms with Gasteiger partial charge in [0.2, 0.25) is 0 Å². The number of carboxylic acids is 1. The van der Waals surface area contributed by atoms with Gasteiger partial charge >= 0.3 is 12.0 Å². The number of carboxylic acid groups (broad SMARTS) is 1. The van der Waals surface area contributed by atoms with Crippen molar-refractivity contribution >= 4 is 12.0 Å². The summed E-state index contributed by atoms with van der Waals surface area (Å²) in [5, 5.41) is 14.4. The van der Waals surface area contributed by atoms with Crippen LogP contribution in [0.25, 0.3) is 0 Å². The number of aryl methyl sites for hydroxylation is 1. The Morgan fingerprint density at radius 3 is 2.67 bits per heavy atom. The van der Waals surface area contributed by atoms with Gasteiger partial charge in [-0.3, -0.25) is 9.78 Å². The molecule has 0 unspecified atom stereocenters. The third-order valence-electron chi connectivity index (χ3n) is 3.94. The van der Waals surface area contributed by atoms with E-state index in [2.05, 4.69) is 15.6 Å². The van der Waals surface area contributed by atoms with Gasteiger partial charge in [-0.05, 0) is 37.3 Å². The molecule has 1 aliphatic carbocycles. The maximum Gasteiger partial charge on any atom is 0.315 e. The summed E-state index contributed by atoms with van der Waals surface area (Å²) in [6.07, 6.45) is 2.87. The zero-order valence-corrected chi connectivity index (χ0v) is 12.2. The molecule has 3 N–H and O–H groups in total. The summed E-state index contributed by atoms with van der Waals surface area (Å²) in [4.78, 5) is 26.9. The third kappa shape index (κ3) is 4.44. The molecule has 2 rings (SSSR count). The van der Waals surface area contributed by atoms with E-state index >= 15 is 0 Å². The lowest BCUT2D eigenvalue weighted by molar-refractivity contribution is -0.141. The first kappa shape index (κ1) is 15.3. The van der Waals surface area contributed by atoms with Gasteiger partial charge in [-0.2, -0.15) is 0 Å². The summed E-state index contributed by atoms with van der Waals surface area (Å²) in [6, 6.07) is 5.36. The Labute approximate surface area is 124 Å². The van der Waals surface area contributed by atoms with E-state index in [9.17, 15) is 9.59 Å². The molecular formula is C15H21N3O3. The van der Waals surface area contributed by atoms with Crippen molar-refractivity contribution in [2.75, 3.05) is 6.54 Å². The SMILES string of the molecule is Cc1cccc(CNC(=O)NCC2(CC(=O)O)CCC2)n1. The number of aliphatic carboxylic acids is 1. The number of aromatic nitrogens is 1. The molecule has 1 aromatic heterocycles. The van der Waals surface area contributed by atoms with Crippen LogP contribution in [-0.2, 0) is 11.3 Å². The van der Waals surface area contributed by atoms with Crippen LogP contribution in [-0.4, -0.2) is 28.6 Å². The second-order valence-corrected chi connectivity index (χ2v) is 5.73. The lowest BCUT2D eigenvalue weighted by atomic mass is 9.66. The Morgan fingerprint density at radius 2 is 2.10 bits per heavy atom. The number of carbonyl (C=O) groups excluding carboxylic acids is 1. The lowest BCUT2D eigenvalue weighted by Crippen LogP contribution is -2.46. The molecule has 1 heterocycles. The van der Waals surface area contributed by atoms with Crippen molar-refractivity contribution in [3.05, 3.63) is 29.6 Å². The van der Waals surface area contributed by atoms with Crippen molar-refractivity contribution in [2.45, 2.75) is 39.2 Å². The molecule has 0 spiro atoms. The van der Waals surface area contributed by atoms with Crippen molar-refractivity contribution in [3.8, 4) is 0 Å². The van der Waals surface area contributed by atoms with E-state index in [1.165, 1.54) is 0 Å². The highest BCUT2D eigenvalue weighted by Crippen LogP contribution is 2.43. The first-order valence-corrected chi connectivity index (χ1v) is 7.15. The Morgan fingerprint density at radius 1 is 1.33 bits per heavy atom. The molecule has 0 aromatic carbocycles. The Hall–Kier alpha value is -2.11. The highest BCUT2D eigenvalue weighted by Gasteiger charge is 2.39. The highest BCUT2D eigenvalue weighted by molar-refractivity contribution is 5.74. The fourth-order valence-electron chi connectivity index (χ4n) is 2.61. The fraction of sp³-hybridized carbons (Fsp3) is 0.533. The van der Waals surface area contributed by atoms with Crippen LogP contribution in [0.15, 0.2) is 18.2 Å². The Balaban J connectivity index is 1.76. The van der Waals surface area contributed by atoms with E-state index in [0.717, 1.165) is 30.7 Å². The third-order valence-corrected chi connectivity index (χ3v) is 3.94. The minimum Gasteiger partial charge on any atom is -0.481 e. The van der Waals surface area contributed by atoms with Crippen LogP contribution in [0.1, 0.15) is 37.1 Å². The summed E-state index contributed by atoms with van der Waals surface area (Å²) in [7, 11) is 0. The van der Waals surface area contributed by atoms with Gasteiger partial charge in [0.05, 0.1) is 18.7 Å². The number of urea groups is 1. The quantitative estimate of drug-likeness (QED) is 0.745. The Kier molecular flexibility index (Phi) is 4.77. The number of nitrogens with zero attached hydrogens (tertiary/aromatic N) is 1. The Bertz CT molecular complexity index is 527. The molecule has 0 aliphatic heterocycles. The van der Waals surface area contributed by atoms with Gasteiger partial charge in [0.1, 0.15) is 0 Å². The molecular weight excluding hydrogens is 270 g/mol. The van der Waals surface area contributed by atoms with E-state index in [1.807, 2.05) is 25.1 Å². The number of rotatable bonds is 6. The number of amides is 2. The lowest BCUT2D eigenvalue weighted by Gasteiger charge is -2.40. The van der Waals surface area contributed by atoms with Gasteiger partial charge in [0.25, 0.3) is 0 Å². The minimum absolute atomic E-state index is 0.118. The molecule has 1 aliphatic rings. The van der Waals surface area contributed by atoms with Crippen molar-refractivity contribution < 1.29 is 14.7 Å². The van der Waals surface area contributed by atoms with Crippen LogP contribution in [0, 0.1) is 12.3 Å². The highest BCUT2D eigenvalue weighted by atomic mass is 16.4. The van der Waals surface area contributed by atoms with Crippen molar-refractivity contribution in [1.29, 1.82) is 0 Å². The first-order valence-electron chi connectivity index (χ1n) is 7.15. The van der Waals surface area contributed by atoms with Crippen LogP contribution in [0.5, 0.6) is 0 Å². The molecule has 1 aromatic rings. The van der Waals surface area contributed by atoms with Gasteiger partial charge in [-0.15, -0.1) is 0 Å². The van der Waals surface area contributed by atoms with Gasteiger partial charge in [0.15, 0.2) is 0 Å². The number of hydrogen-bond acceptors (Lipinski definition) is 3. The van der Waals surface area contributed by atoms with Gasteiger partial charge in [-0.1, -0.05) is 12.5 Å². The summed E-state index contributed by atoms with van der Waals surface area (Å²) < 4.78 is 0. The smallest absolute Gasteiger partial charge is 0.315 e. The van der Waals surface area contributed by atoms with E-state index in [1.54, 1.807) is 0 Å². The molecule has 114 valence electrons. The standard InChI is InChI=1S/C15H21N3O3/c1-11-4-2-5-12(18-11)9-16-14(21)17-10-15(6-3-7-15)8-13(19)20/h2,4-5H,3,6-10H2,1H3,(H,19,20)(H2,16,17,21). The summed E-state index contributed by atoms with van der Waals surface area (Å²) >= 11 is 0. The fourth-order valence-corrected chi connectivity index (χ4v) is 2.61. The van der Waals surface area contributed by atoms with Crippen molar-refractivity contribution in [1.82, 2.24) is 15.6 Å². The monoisotopic (exact) mass is 291 g/mol. The van der Waals surface area contributed by atoms with Gasteiger partial charge < -0.3 is 15.7 Å². The second-order valence-electron chi connectivity index (χ2n) is 5.73. The van der Waals surface area contributed by atoms with E-state index in [-0.39, 0.29) is 17.9 Å². The average molecular weight is 291 g/mol. The van der Waals surface area contributed by atoms with Crippen LogP contribution < -0.4 is 10.6 Å². The first-order chi connectivity index (χ1) is 9.99. The molecule has 21 heavy (non-hydrogen) atoms. The largest absolute Gasteiger partial charge is 0.481 e. The van der Waals surface area contributed by atoms with E-state index in [0.29, 0.717) is 13.1 Å². The predicted molar refractivity (Wildman–Crippen MR) is 77.7 cm³/mol. The van der Waals surface area contributed by atoms with E-state index < -0.39 is 5.97 Å². The van der Waals surface area contributed by atoms with Gasteiger partial charge in [-0.25, -0.2) is 4.79 Å². The predicted octanol–water partition coefficient (Wildman–Crippen LogP) is 1.83. The van der Waals surface area contributed by atoms with Crippen LogP contribution in [0.3, 0.4) is 0 Å². The molecule has 0 atom stereocenters. The zero-order valence-electron chi connectivity index (χ0n) is 12.2. The van der Waals surface area contributed by atoms with Crippen LogP contribution >= 0.6 is 0 Å². The maximum atomic E-state index is 11.8. The molecule has 2 amide bonds. The molecule has 0 radical (unpaired) electrons. The number of carbonyl (C=O) groups is 2. The van der Waals surface area contributed by atoms with Crippen LogP contribution in [0.2, 0.25) is 0 Å². The maximum absolute atomic E-state index is 11.8. The normalized spacial score (nSPS) is 15.9. The summed E-state index contributed by atoms with van der Waals surface area (Å²) in [6.45, 7) is 2.67. The summed E-state index contributed by atoms with van der Waals surface area (Å²) in [5.41, 5.74) is 1.45. The van der Waals surface area contributed by atoms with E-state index in [4.69, 9.17) is 5.11 Å². The average Bonchev–Trinajstić information content (AvgIpc) is 2.39. The number of hydrogen-bond donors (Lipinski definition) is 3. The molecule has 0 saturated heterocycles. The second kappa shape index (κ2) is 6.56. The molecule has 0 bridgehead atoms. The van der Waals surface area contributed by atoms with Crippen LogP contribution in [0.4, 0.5) is 4.79 Å². The topological polar surface area (TPSA) is 91.3 Å². The molecule has 6 nitrogen and oxygen atoms in total. The van der Waals surface area contributed by atoms with Crippen molar-refractivity contribution in [3.63, 3.8) is 0 Å². The molecule has 6 heteroatoms. The number of pyridine rings is 1.